The second-order valence-corrected chi connectivity index (χ2v) is 3.60. The summed E-state index contributed by atoms with van der Waals surface area (Å²) in [5.74, 6) is 0. The lowest BCUT2D eigenvalue weighted by molar-refractivity contribution is 0.276. The van der Waals surface area contributed by atoms with Gasteiger partial charge in [0.2, 0.25) is 0 Å². The molecule has 3 heteroatoms. The second-order valence-electron chi connectivity index (χ2n) is 3.60. The Kier molecular flexibility index (Phi) is 3.92. The lowest BCUT2D eigenvalue weighted by atomic mass is 10.0. The van der Waals surface area contributed by atoms with Crippen LogP contribution in [0.15, 0.2) is 24.3 Å². The van der Waals surface area contributed by atoms with E-state index in [4.69, 9.17) is 10.8 Å². The van der Waals surface area contributed by atoms with E-state index in [-0.39, 0.29) is 12.6 Å². The number of nitrogens with two attached hydrogens (primary N) is 1. The minimum absolute atomic E-state index is 0.0591. The fourth-order valence-electron chi connectivity index (χ4n) is 1.33. The molecule has 0 saturated heterocycles. The summed E-state index contributed by atoms with van der Waals surface area (Å²) in [4.78, 5) is 2.04. The van der Waals surface area contributed by atoms with E-state index in [1.54, 1.807) is 0 Å². The standard InChI is InChI=1S/C11H18N2O/c1-13(2)10-5-3-9(4-6-10)11(12)7-8-14/h3-6,11,14H,7-8,12H2,1-2H3/t11-/m1/s1. The Morgan fingerprint density at radius 3 is 2.29 bits per heavy atom. The maximum absolute atomic E-state index is 8.75. The molecule has 0 heterocycles. The van der Waals surface area contributed by atoms with E-state index in [1.165, 1.54) is 0 Å². The maximum atomic E-state index is 8.75. The van der Waals surface area contributed by atoms with Gasteiger partial charge in [0.15, 0.2) is 0 Å². The molecule has 0 amide bonds. The summed E-state index contributed by atoms with van der Waals surface area (Å²) < 4.78 is 0. The van der Waals surface area contributed by atoms with Crippen molar-refractivity contribution in [2.45, 2.75) is 12.5 Å². The lowest BCUT2D eigenvalue weighted by Gasteiger charge is -2.15. The van der Waals surface area contributed by atoms with Crippen LogP contribution in [0.4, 0.5) is 5.69 Å². The Balaban J connectivity index is 2.72. The van der Waals surface area contributed by atoms with Crippen molar-refractivity contribution in [2.75, 3.05) is 25.6 Å². The second kappa shape index (κ2) is 4.98. The summed E-state index contributed by atoms with van der Waals surface area (Å²) in [7, 11) is 4.01. The first kappa shape index (κ1) is 11.0. The maximum Gasteiger partial charge on any atom is 0.0449 e. The van der Waals surface area contributed by atoms with Crippen LogP contribution in [-0.4, -0.2) is 25.8 Å². The highest BCUT2D eigenvalue weighted by Crippen LogP contribution is 2.17. The molecule has 1 atom stereocenters. The van der Waals surface area contributed by atoms with Crippen LogP contribution in [-0.2, 0) is 0 Å². The highest BCUT2D eigenvalue weighted by molar-refractivity contribution is 5.46. The van der Waals surface area contributed by atoms with E-state index in [0.29, 0.717) is 6.42 Å². The first-order chi connectivity index (χ1) is 6.65. The molecule has 1 aromatic carbocycles. The zero-order chi connectivity index (χ0) is 10.6. The van der Waals surface area contributed by atoms with Crippen molar-refractivity contribution in [3.05, 3.63) is 29.8 Å². The van der Waals surface area contributed by atoms with Crippen LogP contribution < -0.4 is 10.6 Å². The monoisotopic (exact) mass is 194 g/mol. The fraction of sp³-hybridized carbons (Fsp3) is 0.455. The fourth-order valence-corrected chi connectivity index (χ4v) is 1.33. The van der Waals surface area contributed by atoms with Crippen LogP contribution in [0.3, 0.4) is 0 Å². The van der Waals surface area contributed by atoms with Gasteiger partial charge in [0.1, 0.15) is 0 Å². The van der Waals surface area contributed by atoms with Gasteiger partial charge >= 0.3 is 0 Å². The van der Waals surface area contributed by atoms with E-state index >= 15 is 0 Å². The van der Waals surface area contributed by atoms with Gasteiger partial charge in [0.05, 0.1) is 0 Å². The molecule has 0 spiro atoms. The molecular weight excluding hydrogens is 176 g/mol. The predicted molar refractivity (Wildman–Crippen MR) is 59.4 cm³/mol. The van der Waals surface area contributed by atoms with Crippen LogP contribution in [0.25, 0.3) is 0 Å². The first-order valence-corrected chi connectivity index (χ1v) is 4.79. The number of benzene rings is 1. The number of nitrogens with zero attached hydrogens (tertiary/aromatic N) is 1. The molecule has 0 radical (unpaired) electrons. The first-order valence-electron chi connectivity index (χ1n) is 4.79. The third-order valence-corrected chi connectivity index (χ3v) is 2.28. The zero-order valence-electron chi connectivity index (χ0n) is 8.77. The molecule has 3 N–H and O–H groups in total. The van der Waals surface area contributed by atoms with Gasteiger partial charge in [-0.25, -0.2) is 0 Å². The smallest absolute Gasteiger partial charge is 0.0449 e. The van der Waals surface area contributed by atoms with Crippen LogP contribution in [0.5, 0.6) is 0 Å². The molecule has 3 nitrogen and oxygen atoms in total. The minimum atomic E-state index is -0.0591. The molecule has 1 rings (SSSR count). The van der Waals surface area contributed by atoms with Gasteiger partial charge in [0.25, 0.3) is 0 Å². The molecule has 0 aliphatic carbocycles. The van der Waals surface area contributed by atoms with Gasteiger partial charge < -0.3 is 15.7 Å². The van der Waals surface area contributed by atoms with Gasteiger partial charge in [0, 0.05) is 32.4 Å². The topological polar surface area (TPSA) is 49.5 Å². The van der Waals surface area contributed by atoms with E-state index in [9.17, 15) is 0 Å². The quantitative estimate of drug-likeness (QED) is 0.755. The molecule has 14 heavy (non-hydrogen) atoms. The van der Waals surface area contributed by atoms with E-state index in [1.807, 2.05) is 43.3 Å². The summed E-state index contributed by atoms with van der Waals surface area (Å²) in [6.45, 7) is 0.136. The van der Waals surface area contributed by atoms with Crippen LogP contribution in [0.2, 0.25) is 0 Å². The molecule has 0 saturated carbocycles. The Bertz CT molecular complexity index is 269. The van der Waals surface area contributed by atoms with Crippen molar-refractivity contribution in [3.8, 4) is 0 Å². The Hall–Kier alpha value is -1.06. The van der Waals surface area contributed by atoms with Crippen molar-refractivity contribution < 1.29 is 5.11 Å². The number of hydrogen-bond donors (Lipinski definition) is 2. The molecule has 0 unspecified atom stereocenters. The van der Waals surface area contributed by atoms with Crippen molar-refractivity contribution in [2.24, 2.45) is 5.73 Å². The minimum Gasteiger partial charge on any atom is -0.396 e. The van der Waals surface area contributed by atoms with E-state index < -0.39 is 0 Å². The molecular formula is C11H18N2O. The van der Waals surface area contributed by atoms with Crippen LogP contribution >= 0.6 is 0 Å². The average molecular weight is 194 g/mol. The van der Waals surface area contributed by atoms with Gasteiger partial charge in [-0.05, 0) is 24.1 Å². The number of anilines is 1. The molecule has 0 aliphatic rings. The number of hydrogen-bond acceptors (Lipinski definition) is 3. The van der Waals surface area contributed by atoms with Crippen molar-refractivity contribution in [1.29, 1.82) is 0 Å². The van der Waals surface area contributed by atoms with Crippen LogP contribution in [0, 0.1) is 0 Å². The lowest BCUT2D eigenvalue weighted by Crippen LogP contribution is -2.13. The Morgan fingerprint density at radius 1 is 1.29 bits per heavy atom. The summed E-state index contributed by atoms with van der Waals surface area (Å²) >= 11 is 0. The van der Waals surface area contributed by atoms with E-state index in [0.717, 1.165) is 11.3 Å². The Labute approximate surface area is 85.2 Å². The van der Waals surface area contributed by atoms with Gasteiger partial charge in [-0.15, -0.1) is 0 Å². The molecule has 0 bridgehead atoms. The third-order valence-electron chi connectivity index (χ3n) is 2.28. The van der Waals surface area contributed by atoms with Crippen molar-refractivity contribution in [1.82, 2.24) is 0 Å². The number of aliphatic hydroxyl groups is 1. The summed E-state index contributed by atoms with van der Waals surface area (Å²) in [5.41, 5.74) is 8.09. The average Bonchev–Trinajstić information content (AvgIpc) is 2.18. The molecule has 0 aromatic heterocycles. The number of rotatable bonds is 4. The zero-order valence-corrected chi connectivity index (χ0v) is 8.77. The molecule has 78 valence electrons. The highest BCUT2D eigenvalue weighted by atomic mass is 16.3. The third kappa shape index (κ3) is 2.72. The van der Waals surface area contributed by atoms with Gasteiger partial charge in [-0.1, -0.05) is 12.1 Å². The highest BCUT2D eigenvalue weighted by Gasteiger charge is 2.04. The summed E-state index contributed by atoms with van der Waals surface area (Å²) in [6.07, 6.45) is 0.612. The van der Waals surface area contributed by atoms with Crippen molar-refractivity contribution >= 4 is 5.69 Å². The van der Waals surface area contributed by atoms with Crippen LogP contribution in [0.1, 0.15) is 18.0 Å². The largest absolute Gasteiger partial charge is 0.396 e. The molecule has 1 aromatic rings. The SMILES string of the molecule is CN(C)c1ccc([C@H](N)CCO)cc1. The van der Waals surface area contributed by atoms with Crippen molar-refractivity contribution in [3.63, 3.8) is 0 Å². The molecule has 0 fully saturated rings. The van der Waals surface area contributed by atoms with Gasteiger partial charge in [-0.2, -0.15) is 0 Å². The normalized spacial score (nSPS) is 12.6. The van der Waals surface area contributed by atoms with Gasteiger partial charge in [-0.3, -0.25) is 0 Å². The predicted octanol–water partition coefficient (Wildman–Crippen LogP) is 1.13. The molecule has 0 aliphatic heterocycles. The number of aliphatic hydroxyl groups excluding tert-OH is 1. The summed E-state index contributed by atoms with van der Waals surface area (Å²) in [6, 6.07) is 8.03. The van der Waals surface area contributed by atoms with E-state index in [2.05, 4.69) is 0 Å². The Morgan fingerprint density at radius 2 is 1.86 bits per heavy atom. The summed E-state index contributed by atoms with van der Waals surface area (Å²) in [5, 5.41) is 8.75.